The largest absolute Gasteiger partial charge is 0.398 e. The van der Waals surface area contributed by atoms with Crippen molar-refractivity contribution < 1.29 is 4.79 Å². The van der Waals surface area contributed by atoms with Gasteiger partial charge in [0.05, 0.1) is 5.56 Å². The summed E-state index contributed by atoms with van der Waals surface area (Å²) in [5, 5.41) is 2.80. The molecule has 15 heavy (non-hydrogen) atoms. The van der Waals surface area contributed by atoms with E-state index in [0.717, 1.165) is 11.1 Å². The summed E-state index contributed by atoms with van der Waals surface area (Å²) in [4.78, 5) is 11.5. The molecule has 1 amide bonds. The van der Waals surface area contributed by atoms with Crippen molar-refractivity contribution in [2.75, 3.05) is 5.73 Å². The van der Waals surface area contributed by atoms with Crippen molar-refractivity contribution in [2.24, 2.45) is 0 Å². The highest BCUT2D eigenvalue weighted by Gasteiger charge is 2.24. The summed E-state index contributed by atoms with van der Waals surface area (Å²) < 4.78 is 0. The van der Waals surface area contributed by atoms with Crippen LogP contribution in [-0.4, -0.2) is 5.91 Å². The number of benzene rings is 1. The van der Waals surface area contributed by atoms with Gasteiger partial charge in [0, 0.05) is 12.2 Å². The van der Waals surface area contributed by atoms with Crippen molar-refractivity contribution in [3.05, 3.63) is 34.9 Å². The highest BCUT2D eigenvalue weighted by atomic mass is 16.1. The summed E-state index contributed by atoms with van der Waals surface area (Å²) in [6.07, 6.45) is 2.04. The Bertz CT molecular complexity index is 461. The molecule has 0 radical (unpaired) electrons. The zero-order valence-corrected chi connectivity index (χ0v) is 8.92. The maximum absolute atomic E-state index is 11.5. The van der Waals surface area contributed by atoms with Gasteiger partial charge >= 0.3 is 0 Å². The number of nitrogens with one attached hydrogen (secondary N) is 1. The Morgan fingerprint density at radius 2 is 2.27 bits per heavy atom. The molecular weight excluding hydrogens is 188 g/mol. The van der Waals surface area contributed by atoms with Gasteiger partial charge in [-0.15, -0.1) is 0 Å². The van der Waals surface area contributed by atoms with Gasteiger partial charge in [-0.25, -0.2) is 0 Å². The van der Waals surface area contributed by atoms with Crippen LogP contribution in [0.3, 0.4) is 0 Å². The molecule has 0 bridgehead atoms. The van der Waals surface area contributed by atoms with E-state index in [4.69, 9.17) is 5.73 Å². The third kappa shape index (κ3) is 1.40. The number of carbonyl (C=O) groups is 1. The Morgan fingerprint density at radius 3 is 2.93 bits per heavy atom. The summed E-state index contributed by atoms with van der Waals surface area (Å²) in [6.45, 7) is 4.61. The third-order valence-electron chi connectivity index (χ3n) is 2.86. The summed E-state index contributed by atoms with van der Waals surface area (Å²) in [6, 6.07) is 3.77. The van der Waals surface area contributed by atoms with Gasteiger partial charge in [0.2, 0.25) is 0 Å². The minimum atomic E-state index is -0.0618. The molecule has 0 aromatic heterocycles. The molecule has 0 spiro atoms. The number of nitrogens with two attached hydrogens (primary N) is 1. The number of hydrogen-bond donors (Lipinski definition) is 2. The van der Waals surface area contributed by atoms with Crippen LogP contribution in [-0.2, 0) is 6.54 Å². The monoisotopic (exact) mass is 202 g/mol. The number of fused-ring (bicyclic) bond motifs is 1. The number of allylic oxidation sites excluding steroid dienone is 2. The van der Waals surface area contributed by atoms with Gasteiger partial charge in [-0.2, -0.15) is 0 Å². The van der Waals surface area contributed by atoms with Gasteiger partial charge in [0.25, 0.3) is 5.91 Å². The van der Waals surface area contributed by atoms with E-state index < -0.39 is 0 Å². The fourth-order valence-electron chi connectivity index (χ4n) is 1.90. The zero-order valence-electron chi connectivity index (χ0n) is 8.92. The molecule has 3 N–H and O–H groups in total. The second-order valence-corrected chi connectivity index (χ2v) is 3.71. The molecule has 0 unspecified atom stereocenters. The average molecular weight is 202 g/mol. The number of hydrogen-bond acceptors (Lipinski definition) is 2. The average Bonchev–Trinajstić information content (AvgIpc) is 2.61. The summed E-state index contributed by atoms with van der Waals surface area (Å²) in [7, 11) is 0. The molecule has 3 nitrogen and oxygen atoms in total. The van der Waals surface area contributed by atoms with E-state index in [1.165, 1.54) is 5.57 Å². The first-order chi connectivity index (χ1) is 7.15. The molecule has 1 aliphatic heterocycles. The summed E-state index contributed by atoms with van der Waals surface area (Å²) in [5.74, 6) is -0.0618. The lowest BCUT2D eigenvalue weighted by Gasteiger charge is -2.08. The third-order valence-corrected chi connectivity index (χ3v) is 2.86. The molecule has 3 heteroatoms. The summed E-state index contributed by atoms with van der Waals surface area (Å²) in [5.41, 5.74) is 10.3. The lowest BCUT2D eigenvalue weighted by molar-refractivity contribution is 0.0966. The first-order valence-corrected chi connectivity index (χ1v) is 4.98. The van der Waals surface area contributed by atoms with Gasteiger partial charge in [-0.05, 0) is 36.6 Å². The fourth-order valence-corrected chi connectivity index (χ4v) is 1.90. The molecule has 78 valence electrons. The Labute approximate surface area is 89.0 Å². The number of carbonyl (C=O) groups excluding carboxylic acids is 1. The number of rotatable bonds is 1. The lowest BCUT2D eigenvalue weighted by Crippen LogP contribution is -2.13. The maximum atomic E-state index is 11.5. The molecule has 0 fully saturated rings. The van der Waals surface area contributed by atoms with Crippen LogP contribution in [0.15, 0.2) is 18.2 Å². The van der Waals surface area contributed by atoms with Crippen LogP contribution in [0.1, 0.15) is 35.3 Å². The Morgan fingerprint density at radius 1 is 1.53 bits per heavy atom. The highest BCUT2D eigenvalue weighted by Crippen LogP contribution is 2.29. The Kier molecular flexibility index (Phi) is 2.23. The molecule has 1 aromatic rings. The predicted molar refractivity (Wildman–Crippen MR) is 61.3 cm³/mol. The quantitative estimate of drug-likeness (QED) is 0.684. The summed E-state index contributed by atoms with van der Waals surface area (Å²) >= 11 is 0. The molecule has 1 aliphatic rings. The maximum Gasteiger partial charge on any atom is 0.254 e. The van der Waals surface area contributed by atoms with Crippen LogP contribution in [0.25, 0.3) is 5.57 Å². The standard InChI is InChI=1S/C12H14N2O/c1-3-7(2)8-4-5-10(13)11-9(8)6-14-12(11)15/h3-5H,6,13H2,1-2H3,(H,14,15)/b7-3+. The normalized spacial score (nSPS) is 15.1. The molecule has 0 aliphatic carbocycles. The van der Waals surface area contributed by atoms with E-state index in [2.05, 4.69) is 5.32 Å². The molecule has 1 heterocycles. The molecule has 0 saturated carbocycles. The van der Waals surface area contributed by atoms with Gasteiger partial charge in [-0.1, -0.05) is 12.1 Å². The van der Waals surface area contributed by atoms with Crippen LogP contribution in [0.4, 0.5) is 5.69 Å². The zero-order chi connectivity index (χ0) is 11.0. The SMILES string of the molecule is C/C=C(\C)c1ccc(N)c2c1CNC2=O. The van der Waals surface area contributed by atoms with Crippen LogP contribution < -0.4 is 11.1 Å². The topological polar surface area (TPSA) is 55.1 Å². The van der Waals surface area contributed by atoms with Gasteiger partial charge in [-0.3, -0.25) is 4.79 Å². The Hall–Kier alpha value is -1.77. The van der Waals surface area contributed by atoms with Crippen LogP contribution in [0.5, 0.6) is 0 Å². The highest BCUT2D eigenvalue weighted by molar-refractivity contribution is 6.04. The van der Waals surface area contributed by atoms with E-state index in [-0.39, 0.29) is 5.91 Å². The van der Waals surface area contributed by atoms with Gasteiger partial charge in [0.15, 0.2) is 0 Å². The van der Waals surface area contributed by atoms with Gasteiger partial charge in [0.1, 0.15) is 0 Å². The minimum absolute atomic E-state index is 0.0618. The van der Waals surface area contributed by atoms with Crippen molar-refractivity contribution in [3.63, 3.8) is 0 Å². The van der Waals surface area contributed by atoms with Crippen molar-refractivity contribution >= 4 is 17.2 Å². The van der Waals surface area contributed by atoms with E-state index in [0.29, 0.717) is 17.8 Å². The van der Waals surface area contributed by atoms with Crippen LogP contribution in [0, 0.1) is 0 Å². The first kappa shape index (κ1) is 9.77. The van der Waals surface area contributed by atoms with Gasteiger partial charge < -0.3 is 11.1 Å². The molecule has 1 aromatic carbocycles. The Balaban J connectivity index is 2.67. The van der Waals surface area contributed by atoms with Crippen molar-refractivity contribution in [2.45, 2.75) is 20.4 Å². The van der Waals surface area contributed by atoms with Crippen molar-refractivity contribution in [3.8, 4) is 0 Å². The first-order valence-electron chi connectivity index (χ1n) is 4.98. The molecule has 0 atom stereocenters. The second kappa shape index (κ2) is 3.42. The smallest absolute Gasteiger partial charge is 0.254 e. The second-order valence-electron chi connectivity index (χ2n) is 3.71. The number of anilines is 1. The fraction of sp³-hybridized carbons (Fsp3) is 0.250. The molecule has 0 saturated heterocycles. The van der Waals surface area contributed by atoms with E-state index >= 15 is 0 Å². The van der Waals surface area contributed by atoms with E-state index in [1.807, 2.05) is 26.0 Å². The molecule has 2 rings (SSSR count). The van der Waals surface area contributed by atoms with Crippen molar-refractivity contribution in [1.29, 1.82) is 0 Å². The number of amides is 1. The number of nitrogen functional groups attached to an aromatic ring is 1. The minimum Gasteiger partial charge on any atom is -0.398 e. The van der Waals surface area contributed by atoms with E-state index in [1.54, 1.807) is 6.07 Å². The van der Waals surface area contributed by atoms with E-state index in [9.17, 15) is 4.79 Å². The molecular formula is C12H14N2O. The lowest BCUT2D eigenvalue weighted by atomic mass is 9.96. The van der Waals surface area contributed by atoms with Crippen molar-refractivity contribution in [1.82, 2.24) is 5.32 Å². The predicted octanol–water partition coefficient (Wildman–Crippen LogP) is 1.94. The van der Waals surface area contributed by atoms with Crippen LogP contribution >= 0.6 is 0 Å². The van der Waals surface area contributed by atoms with Crippen LogP contribution in [0.2, 0.25) is 0 Å².